The molecule has 7 nitrogen and oxygen atoms in total. The first-order valence-corrected chi connectivity index (χ1v) is 9.00. The van der Waals surface area contributed by atoms with Crippen molar-refractivity contribution >= 4 is 17.6 Å². The molecule has 1 aromatic heterocycles. The van der Waals surface area contributed by atoms with E-state index in [1.807, 2.05) is 29.0 Å². The Morgan fingerprint density at radius 1 is 1.40 bits per heavy atom. The second kappa shape index (κ2) is 7.39. The SMILES string of the molecule is CCCCNC(=O)N1CC[C@@]2(C1)CN(c1cccnc1)C(=O)CN2C. The molecule has 25 heavy (non-hydrogen) atoms. The molecule has 1 N–H and O–H groups in total. The van der Waals surface area contributed by atoms with Gasteiger partial charge in [0, 0.05) is 32.4 Å². The van der Waals surface area contributed by atoms with Gasteiger partial charge in [0.05, 0.1) is 24.0 Å². The van der Waals surface area contributed by atoms with Crippen molar-refractivity contribution in [3.05, 3.63) is 24.5 Å². The first-order valence-electron chi connectivity index (χ1n) is 9.00. The van der Waals surface area contributed by atoms with Crippen LogP contribution in [0, 0.1) is 0 Å². The van der Waals surface area contributed by atoms with E-state index in [9.17, 15) is 9.59 Å². The van der Waals surface area contributed by atoms with Crippen LogP contribution in [0.2, 0.25) is 0 Å². The number of rotatable bonds is 4. The predicted molar refractivity (Wildman–Crippen MR) is 96.4 cm³/mol. The monoisotopic (exact) mass is 345 g/mol. The Balaban J connectivity index is 1.70. The molecule has 1 aromatic rings. The highest BCUT2D eigenvalue weighted by Crippen LogP contribution is 2.33. The molecule has 0 aliphatic carbocycles. The van der Waals surface area contributed by atoms with Gasteiger partial charge in [0.1, 0.15) is 0 Å². The summed E-state index contributed by atoms with van der Waals surface area (Å²) in [6.45, 7) is 5.14. The summed E-state index contributed by atoms with van der Waals surface area (Å²) in [6.07, 6.45) is 6.36. The van der Waals surface area contributed by atoms with Crippen LogP contribution < -0.4 is 10.2 Å². The number of anilines is 1. The lowest BCUT2D eigenvalue weighted by atomic mass is 9.92. The van der Waals surface area contributed by atoms with E-state index < -0.39 is 0 Å². The van der Waals surface area contributed by atoms with Gasteiger partial charge < -0.3 is 15.1 Å². The van der Waals surface area contributed by atoms with Crippen molar-refractivity contribution in [2.45, 2.75) is 31.7 Å². The molecule has 136 valence electrons. The molecular formula is C18H27N5O2. The molecule has 0 saturated carbocycles. The number of amides is 3. The second-order valence-corrected chi connectivity index (χ2v) is 7.03. The summed E-state index contributed by atoms with van der Waals surface area (Å²) in [5.41, 5.74) is 0.636. The maximum atomic E-state index is 12.5. The van der Waals surface area contributed by atoms with Gasteiger partial charge in [-0.3, -0.25) is 14.7 Å². The van der Waals surface area contributed by atoms with Crippen LogP contribution in [0.4, 0.5) is 10.5 Å². The molecule has 2 fully saturated rings. The molecule has 2 saturated heterocycles. The fourth-order valence-corrected chi connectivity index (χ4v) is 3.66. The highest BCUT2D eigenvalue weighted by Gasteiger charge is 2.48. The van der Waals surface area contributed by atoms with Gasteiger partial charge >= 0.3 is 6.03 Å². The molecule has 3 heterocycles. The minimum Gasteiger partial charge on any atom is -0.338 e. The smallest absolute Gasteiger partial charge is 0.317 e. The number of aromatic nitrogens is 1. The molecular weight excluding hydrogens is 318 g/mol. The van der Waals surface area contributed by atoms with Crippen molar-refractivity contribution in [1.29, 1.82) is 0 Å². The molecule has 3 amide bonds. The lowest BCUT2D eigenvalue weighted by Crippen LogP contribution is -2.64. The van der Waals surface area contributed by atoms with Gasteiger partial charge in [-0.1, -0.05) is 13.3 Å². The van der Waals surface area contributed by atoms with E-state index in [4.69, 9.17) is 0 Å². The van der Waals surface area contributed by atoms with Crippen molar-refractivity contribution in [3.63, 3.8) is 0 Å². The van der Waals surface area contributed by atoms with E-state index in [1.165, 1.54) is 0 Å². The fraction of sp³-hybridized carbons (Fsp3) is 0.611. The Hall–Kier alpha value is -2.15. The zero-order chi connectivity index (χ0) is 17.9. The summed E-state index contributed by atoms with van der Waals surface area (Å²) in [7, 11) is 1.98. The topological polar surface area (TPSA) is 68.8 Å². The maximum Gasteiger partial charge on any atom is 0.317 e. The van der Waals surface area contributed by atoms with Crippen molar-refractivity contribution in [1.82, 2.24) is 20.1 Å². The number of likely N-dealkylation sites (N-methyl/N-ethyl adjacent to an activating group) is 1. The molecule has 0 radical (unpaired) electrons. The Kier molecular flexibility index (Phi) is 5.22. The van der Waals surface area contributed by atoms with Gasteiger partial charge in [0.2, 0.25) is 5.91 Å². The van der Waals surface area contributed by atoms with Gasteiger partial charge in [0.15, 0.2) is 0 Å². The zero-order valence-corrected chi connectivity index (χ0v) is 15.1. The van der Waals surface area contributed by atoms with Crippen molar-refractivity contribution < 1.29 is 9.59 Å². The summed E-state index contributed by atoms with van der Waals surface area (Å²) >= 11 is 0. The number of pyridine rings is 1. The molecule has 1 spiro atoms. The third-order valence-electron chi connectivity index (χ3n) is 5.32. The number of unbranched alkanes of at least 4 members (excludes halogenated alkanes) is 1. The van der Waals surface area contributed by atoms with Crippen LogP contribution in [0.25, 0.3) is 0 Å². The van der Waals surface area contributed by atoms with Gasteiger partial charge in [-0.15, -0.1) is 0 Å². The van der Waals surface area contributed by atoms with Crippen LogP contribution in [0.5, 0.6) is 0 Å². The van der Waals surface area contributed by atoms with Crippen LogP contribution in [0.3, 0.4) is 0 Å². The third-order valence-corrected chi connectivity index (χ3v) is 5.32. The predicted octanol–water partition coefficient (Wildman–Crippen LogP) is 1.31. The Labute approximate surface area is 149 Å². The first-order chi connectivity index (χ1) is 12.1. The van der Waals surface area contributed by atoms with E-state index in [0.717, 1.165) is 38.0 Å². The van der Waals surface area contributed by atoms with Gasteiger partial charge in [0.25, 0.3) is 0 Å². The van der Waals surface area contributed by atoms with E-state index in [1.54, 1.807) is 12.4 Å². The molecule has 7 heteroatoms. The number of carbonyl (C=O) groups is 2. The van der Waals surface area contributed by atoms with Gasteiger partial charge in [-0.2, -0.15) is 0 Å². The lowest BCUT2D eigenvalue weighted by Gasteiger charge is -2.46. The molecule has 1 atom stereocenters. The van der Waals surface area contributed by atoms with E-state index in [0.29, 0.717) is 19.6 Å². The highest BCUT2D eigenvalue weighted by molar-refractivity contribution is 5.95. The standard InChI is InChI=1S/C18H27N5O2/c1-3-4-9-20-17(25)22-10-7-18(13-22)14-23(16(24)12-21(18)2)15-6-5-8-19-11-15/h5-6,8,11H,3-4,7,9-10,12-14H2,1-2H3,(H,20,25)/t18-/m1/s1. The first kappa shape index (κ1) is 17.7. The highest BCUT2D eigenvalue weighted by atomic mass is 16.2. The quantitative estimate of drug-likeness (QED) is 0.836. The molecule has 0 aromatic carbocycles. The summed E-state index contributed by atoms with van der Waals surface area (Å²) in [4.78, 5) is 34.8. The average Bonchev–Trinajstić information content (AvgIpc) is 3.05. The Morgan fingerprint density at radius 2 is 2.24 bits per heavy atom. The molecule has 0 unspecified atom stereocenters. The average molecular weight is 345 g/mol. The molecule has 3 rings (SSSR count). The summed E-state index contributed by atoms with van der Waals surface area (Å²) < 4.78 is 0. The number of hydrogen-bond acceptors (Lipinski definition) is 4. The van der Waals surface area contributed by atoms with E-state index >= 15 is 0 Å². The fourth-order valence-electron chi connectivity index (χ4n) is 3.66. The van der Waals surface area contributed by atoms with E-state index in [2.05, 4.69) is 22.1 Å². The number of hydrogen-bond donors (Lipinski definition) is 1. The van der Waals surface area contributed by atoms with Crippen LogP contribution in [0.1, 0.15) is 26.2 Å². The number of carbonyl (C=O) groups excluding carboxylic acids is 2. The minimum absolute atomic E-state index is 0.00329. The summed E-state index contributed by atoms with van der Waals surface area (Å²) in [6, 6.07) is 3.76. The maximum absolute atomic E-state index is 12.5. The number of likely N-dealkylation sites (tertiary alicyclic amines) is 1. The van der Waals surface area contributed by atoms with Crippen LogP contribution in [0.15, 0.2) is 24.5 Å². The lowest BCUT2D eigenvalue weighted by molar-refractivity contribution is -0.123. The number of piperazine rings is 1. The molecule has 2 aliphatic rings. The summed E-state index contributed by atoms with van der Waals surface area (Å²) in [5, 5.41) is 2.99. The Morgan fingerprint density at radius 3 is 2.96 bits per heavy atom. The van der Waals surface area contributed by atoms with E-state index in [-0.39, 0.29) is 17.5 Å². The van der Waals surface area contributed by atoms with Crippen molar-refractivity contribution in [3.8, 4) is 0 Å². The van der Waals surface area contributed by atoms with Crippen molar-refractivity contribution in [2.24, 2.45) is 0 Å². The molecule has 2 aliphatic heterocycles. The van der Waals surface area contributed by atoms with Crippen LogP contribution in [-0.2, 0) is 4.79 Å². The second-order valence-electron chi connectivity index (χ2n) is 7.03. The summed E-state index contributed by atoms with van der Waals surface area (Å²) in [5.74, 6) is 0.0759. The number of nitrogens with one attached hydrogen (secondary N) is 1. The number of nitrogens with zero attached hydrogens (tertiary/aromatic N) is 4. The largest absolute Gasteiger partial charge is 0.338 e. The minimum atomic E-state index is -0.189. The molecule has 0 bridgehead atoms. The number of urea groups is 1. The van der Waals surface area contributed by atoms with Gasteiger partial charge in [-0.05, 0) is 32.0 Å². The zero-order valence-electron chi connectivity index (χ0n) is 15.1. The van der Waals surface area contributed by atoms with Crippen LogP contribution in [-0.4, -0.2) is 72.0 Å². The third kappa shape index (κ3) is 3.61. The van der Waals surface area contributed by atoms with Crippen molar-refractivity contribution in [2.75, 3.05) is 44.7 Å². The van der Waals surface area contributed by atoms with Crippen LogP contribution >= 0.6 is 0 Å². The Bertz CT molecular complexity index is 623. The van der Waals surface area contributed by atoms with Gasteiger partial charge in [-0.25, -0.2) is 4.79 Å². The normalized spacial score (nSPS) is 24.2.